The van der Waals surface area contributed by atoms with E-state index in [1.54, 1.807) is 0 Å². The van der Waals surface area contributed by atoms with Crippen molar-refractivity contribution in [1.29, 1.82) is 0 Å². The summed E-state index contributed by atoms with van der Waals surface area (Å²) in [4.78, 5) is 19.3. The van der Waals surface area contributed by atoms with Gasteiger partial charge in [0.25, 0.3) is 0 Å². The van der Waals surface area contributed by atoms with Gasteiger partial charge in [-0.15, -0.1) is 0 Å². The highest BCUT2D eigenvalue weighted by molar-refractivity contribution is 7.89. The van der Waals surface area contributed by atoms with Crippen molar-refractivity contribution in [2.24, 2.45) is 0 Å². The van der Waals surface area contributed by atoms with Crippen LogP contribution in [0.5, 0.6) is 5.75 Å². The first-order valence-corrected chi connectivity index (χ1v) is 12.3. The second kappa shape index (κ2) is 13.2. The molecular formula is C21H16F10N6O5S. The predicted molar refractivity (Wildman–Crippen MR) is 126 cm³/mol. The minimum absolute atomic E-state index is 0.00250. The summed E-state index contributed by atoms with van der Waals surface area (Å²) < 4.78 is 153. The van der Waals surface area contributed by atoms with E-state index in [2.05, 4.69) is 30.3 Å². The zero-order valence-corrected chi connectivity index (χ0v) is 21.7. The van der Waals surface area contributed by atoms with Crippen molar-refractivity contribution in [1.82, 2.24) is 19.7 Å². The number of carbonyl (C=O) groups is 1. The highest BCUT2D eigenvalue weighted by Crippen LogP contribution is 2.34. The molecule has 0 radical (unpaired) electrons. The van der Waals surface area contributed by atoms with Gasteiger partial charge >= 0.3 is 24.5 Å². The van der Waals surface area contributed by atoms with Gasteiger partial charge in [0.1, 0.15) is 40.2 Å². The number of rotatable bonds is 8. The molecule has 11 nitrogen and oxygen atoms in total. The number of hydrogen-bond acceptors (Lipinski definition) is 9. The molecule has 0 unspecified atom stereocenters. The Morgan fingerprint density at radius 3 is 1.95 bits per heavy atom. The Bertz CT molecular complexity index is 1530. The molecule has 0 aliphatic heterocycles. The Morgan fingerprint density at radius 1 is 0.907 bits per heavy atom. The third-order valence-electron chi connectivity index (χ3n) is 4.50. The van der Waals surface area contributed by atoms with E-state index < -0.39 is 63.2 Å². The maximum absolute atomic E-state index is 14.4. The number of halogens is 10. The third-order valence-corrected chi connectivity index (χ3v) is 5.93. The second-order valence-electron chi connectivity index (χ2n) is 7.66. The Kier molecular flexibility index (Phi) is 10.7. The number of nitrogens with zero attached hydrogens (tertiary/aromatic N) is 3. The summed E-state index contributed by atoms with van der Waals surface area (Å²) in [5.74, 6) is -4.93. The number of carboxylic acid groups (broad SMARTS) is 1. The number of alkyl halides is 9. The van der Waals surface area contributed by atoms with Crippen LogP contribution in [0.1, 0.15) is 5.56 Å². The lowest BCUT2D eigenvalue weighted by Gasteiger charge is -2.16. The fraction of sp³-hybridized carbons (Fsp3) is 0.238. The molecule has 0 saturated carbocycles. The molecule has 0 fully saturated rings. The van der Waals surface area contributed by atoms with Gasteiger partial charge in [0.05, 0.1) is 11.3 Å². The number of anilines is 4. The number of pyridine rings is 1. The van der Waals surface area contributed by atoms with Crippen molar-refractivity contribution in [3.05, 3.63) is 54.2 Å². The lowest BCUT2D eigenvalue weighted by Crippen LogP contribution is -2.21. The molecule has 0 aliphatic carbocycles. The lowest BCUT2D eigenvalue weighted by molar-refractivity contribution is -0.192. The molecule has 4 N–H and O–H groups in total. The van der Waals surface area contributed by atoms with Gasteiger partial charge in [-0.1, -0.05) is 0 Å². The van der Waals surface area contributed by atoms with Gasteiger partial charge in [-0.05, 0) is 25.2 Å². The molecule has 3 aromatic rings. The van der Waals surface area contributed by atoms with Gasteiger partial charge in [0.15, 0.2) is 6.61 Å². The van der Waals surface area contributed by atoms with E-state index in [0.29, 0.717) is 18.3 Å². The van der Waals surface area contributed by atoms with Crippen LogP contribution in [0.15, 0.2) is 47.8 Å². The number of benzene rings is 1. The van der Waals surface area contributed by atoms with Crippen LogP contribution >= 0.6 is 0 Å². The summed E-state index contributed by atoms with van der Waals surface area (Å²) in [5.41, 5.74) is -1.36. The Hall–Kier alpha value is -4.47. The molecule has 1 aromatic carbocycles. The van der Waals surface area contributed by atoms with E-state index in [4.69, 9.17) is 9.90 Å². The Morgan fingerprint density at radius 2 is 1.49 bits per heavy atom. The average Bonchev–Trinajstić information content (AvgIpc) is 2.88. The summed E-state index contributed by atoms with van der Waals surface area (Å²) in [5, 5.41) is 12.2. The number of aliphatic carboxylic acids is 1. The number of nitrogens with one attached hydrogen (secondary N) is 3. The zero-order chi connectivity index (χ0) is 32.8. The van der Waals surface area contributed by atoms with Crippen molar-refractivity contribution >= 4 is 39.1 Å². The first kappa shape index (κ1) is 34.7. The van der Waals surface area contributed by atoms with Crippen molar-refractivity contribution in [3.8, 4) is 5.75 Å². The van der Waals surface area contributed by atoms with E-state index >= 15 is 0 Å². The third kappa shape index (κ3) is 10.7. The summed E-state index contributed by atoms with van der Waals surface area (Å²) in [6, 6.07) is 4.17. The predicted octanol–water partition coefficient (Wildman–Crippen LogP) is 5.00. The topological polar surface area (TPSA) is 155 Å². The quantitative estimate of drug-likeness (QED) is 0.244. The molecule has 0 bridgehead atoms. The zero-order valence-electron chi connectivity index (χ0n) is 20.9. The van der Waals surface area contributed by atoms with Crippen LogP contribution in [0.2, 0.25) is 0 Å². The van der Waals surface area contributed by atoms with E-state index in [9.17, 15) is 52.3 Å². The Labute approximate surface area is 234 Å². The maximum Gasteiger partial charge on any atom is 0.490 e. The van der Waals surface area contributed by atoms with Crippen LogP contribution in [0.4, 0.5) is 67.0 Å². The van der Waals surface area contributed by atoms with Crippen LogP contribution in [0, 0.1) is 5.82 Å². The van der Waals surface area contributed by atoms with Crippen LogP contribution < -0.4 is 20.1 Å². The molecule has 2 heterocycles. The van der Waals surface area contributed by atoms with Crippen LogP contribution in [-0.4, -0.2) is 60.5 Å². The highest BCUT2D eigenvalue weighted by Gasteiger charge is 2.38. The van der Waals surface area contributed by atoms with Crippen molar-refractivity contribution in [3.63, 3.8) is 0 Å². The highest BCUT2D eigenvalue weighted by atomic mass is 32.2. The number of hydrogen-bond donors (Lipinski definition) is 4. The summed E-state index contributed by atoms with van der Waals surface area (Å²) in [6.07, 6.45) is -12.9. The van der Waals surface area contributed by atoms with E-state index in [1.165, 1.54) is 6.07 Å². The normalized spacial score (nSPS) is 12.2. The number of ether oxygens (including phenoxy) is 1. The summed E-state index contributed by atoms with van der Waals surface area (Å²) in [7, 11) is -3.34. The number of carboxylic acids is 1. The Balaban J connectivity index is 0.000000821. The SMILES string of the molecule is CNS(=O)(=O)c1cc(Nc2cc(Nc3ccc(C(F)(F)F)cn3)ncn2)c(OCC(F)(F)F)cc1F.O=C(O)C(F)(F)F. The van der Waals surface area contributed by atoms with Crippen molar-refractivity contribution in [2.75, 3.05) is 24.3 Å². The van der Waals surface area contributed by atoms with Gasteiger partial charge in [-0.25, -0.2) is 37.3 Å². The van der Waals surface area contributed by atoms with Crippen molar-refractivity contribution in [2.45, 2.75) is 23.4 Å². The summed E-state index contributed by atoms with van der Waals surface area (Å²) in [6.45, 7) is -1.80. The molecule has 0 atom stereocenters. The molecule has 0 amide bonds. The summed E-state index contributed by atoms with van der Waals surface area (Å²) >= 11 is 0. The fourth-order valence-electron chi connectivity index (χ4n) is 2.63. The van der Waals surface area contributed by atoms with Gasteiger partial charge in [0.2, 0.25) is 10.0 Å². The van der Waals surface area contributed by atoms with Crippen LogP contribution in [0.25, 0.3) is 0 Å². The molecule has 0 saturated heterocycles. The first-order valence-electron chi connectivity index (χ1n) is 10.8. The standard InChI is InChI=1S/C19H15F7N6O3S.C2HF3O2/c1-27-36(33,34)14-5-12(13(4-11(14)20)35-8-18(21,22)23)31-16-6-17(30-9-29-16)32-15-3-2-10(7-28-15)19(24,25)26;3-2(4,5)1(6)7/h2-7,9,27H,8H2,1H3,(H2,28,29,30,31,32);(H,6,7). The first-order chi connectivity index (χ1) is 19.6. The van der Waals surface area contributed by atoms with E-state index in [-0.39, 0.29) is 23.1 Å². The molecular weight excluding hydrogens is 638 g/mol. The largest absolute Gasteiger partial charge is 0.490 e. The number of sulfonamides is 1. The maximum atomic E-state index is 14.4. The molecule has 2 aromatic heterocycles. The monoisotopic (exact) mass is 654 g/mol. The van der Waals surface area contributed by atoms with Crippen LogP contribution in [-0.2, 0) is 21.0 Å². The minimum Gasteiger partial charge on any atom is -0.482 e. The van der Waals surface area contributed by atoms with E-state index in [0.717, 1.165) is 25.5 Å². The van der Waals surface area contributed by atoms with Gasteiger partial charge in [0, 0.05) is 18.3 Å². The molecule has 0 spiro atoms. The minimum atomic E-state index is -5.08. The van der Waals surface area contributed by atoms with Gasteiger partial charge < -0.3 is 20.5 Å². The van der Waals surface area contributed by atoms with E-state index in [1.807, 2.05) is 4.72 Å². The molecule has 43 heavy (non-hydrogen) atoms. The molecule has 0 aliphatic rings. The molecule has 3 rings (SSSR count). The molecule has 236 valence electrons. The fourth-order valence-corrected chi connectivity index (χ4v) is 3.43. The number of aromatic nitrogens is 3. The van der Waals surface area contributed by atoms with Gasteiger partial charge in [-0.3, -0.25) is 0 Å². The van der Waals surface area contributed by atoms with Crippen LogP contribution in [0.3, 0.4) is 0 Å². The molecule has 22 heteroatoms. The second-order valence-corrected chi connectivity index (χ2v) is 9.52. The average molecular weight is 654 g/mol. The van der Waals surface area contributed by atoms with Gasteiger partial charge in [-0.2, -0.15) is 39.5 Å². The van der Waals surface area contributed by atoms with Crippen molar-refractivity contribution < 1.29 is 67.0 Å². The smallest absolute Gasteiger partial charge is 0.482 e. The lowest BCUT2D eigenvalue weighted by atomic mass is 10.2.